The molecule has 0 radical (unpaired) electrons. The molecule has 0 bridgehead atoms. The van der Waals surface area contributed by atoms with Gasteiger partial charge in [-0.05, 0) is 49.9 Å². The lowest BCUT2D eigenvalue weighted by Gasteiger charge is -2.36. The van der Waals surface area contributed by atoms with Crippen molar-refractivity contribution in [2.24, 2.45) is 0 Å². The van der Waals surface area contributed by atoms with E-state index >= 15 is 0 Å². The molecule has 5 nitrogen and oxygen atoms in total. The minimum atomic E-state index is 0.0255. The topological polar surface area (TPSA) is 44.8 Å². The zero-order valence-electron chi connectivity index (χ0n) is 17.2. The lowest BCUT2D eigenvalue weighted by Crippen LogP contribution is -2.44. The number of carbonyl (C=O) groups excluding carboxylic acids is 1. The lowest BCUT2D eigenvalue weighted by molar-refractivity contribution is 0.151. The molecule has 2 amide bonds. The number of benzene rings is 2. The molecule has 0 aliphatic carbocycles. The van der Waals surface area contributed by atoms with Gasteiger partial charge in [0, 0.05) is 31.2 Å². The summed E-state index contributed by atoms with van der Waals surface area (Å²) in [6.45, 7) is 4.41. The highest BCUT2D eigenvalue weighted by Gasteiger charge is 2.32. The summed E-state index contributed by atoms with van der Waals surface area (Å²) in [5.41, 5.74) is 2.47. The third kappa shape index (κ3) is 4.73. The Morgan fingerprint density at radius 1 is 1.00 bits per heavy atom. The monoisotopic (exact) mass is 393 g/mol. The molecule has 2 fully saturated rings. The Balaban J connectivity index is 1.24. The van der Waals surface area contributed by atoms with Gasteiger partial charge in [0.05, 0.1) is 7.11 Å². The Bertz CT molecular complexity index is 803. The van der Waals surface area contributed by atoms with Gasteiger partial charge in [-0.1, -0.05) is 48.5 Å². The van der Waals surface area contributed by atoms with Crippen LogP contribution in [0.1, 0.15) is 36.3 Å². The van der Waals surface area contributed by atoms with Crippen molar-refractivity contribution in [3.05, 3.63) is 65.7 Å². The fraction of sp³-hybridized carbons (Fsp3) is 0.458. The molecule has 0 spiro atoms. The molecule has 29 heavy (non-hydrogen) atoms. The van der Waals surface area contributed by atoms with Crippen LogP contribution in [0.2, 0.25) is 0 Å². The zero-order chi connectivity index (χ0) is 20.1. The molecule has 2 saturated heterocycles. The molecule has 4 rings (SSSR count). The van der Waals surface area contributed by atoms with Crippen molar-refractivity contribution in [1.29, 1.82) is 0 Å². The van der Waals surface area contributed by atoms with Crippen molar-refractivity contribution in [3.8, 4) is 5.75 Å². The van der Waals surface area contributed by atoms with Crippen LogP contribution in [0, 0.1) is 0 Å². The molecule has 1 unspecified atom stereocenters. The number of hydrogen-bond donors (Lipinski definition) is 1. The van der Waals surface area contributed by atoms with E-state index in [1.807, 2.05) is 29.2 Å². The average Bonchev–Trinajstić information content (AvgIpc) is 3.29. The molecule has 2 aliphatic heterocycles. The van der Waals surface area contributed by atoms with Gasteiger partial charge in [0.15, 0.2) is 0 Å². The summed E-state index contributed by atoms with van der Waals surface area (Å²) in [5, 5.41) is 3.06. The Morgan fingerprint density at radius 3 is 2.48 bits per heavy atom. The van der Waals surface area contributed by atoms with Gasteiger partial charge in [-0.2, -0.15) is 0 Å². The fourth-order valence-corrected chi connectivity index (χ4v) is 4.68. The normalized spacial score (nSPS) is 20.6. The van der Waals surface area contributed by atoms with Gasteiger partial charge in [-0.15, -0.1) is 0 Å². The number of hydrogen-bond acceptors (Lipinski definition) is 3. The summed E-state index contributed by atoms with van der Waals surface area (Å²) >= 11 is 0. The molecule has 0 aromatic heterocycles. The maximum absolute atomic E-state index is 12.6. The van der Waals surface area contributed by atoms with E-state index < -0.39 is 0 Å². The van der Waals surface area contributed by atoms with E-state index in [2.05, 4.69) is 40.5 Å². The smallest absolute Gasteiger partial charge is 0.317 e. The van der Waals surface area contributed by atoms with Gasteiger partial charge in [0.1, 0.15) is 5.75 Å². The summed E-state index contributed by atoms with van der Waals surface area (Å²) in [5.74, 6) is 1.49. The van der Waals surface area contributed by atoms with Crippen molar-refractivity contribution < 1.29 is 9.53 Å². The number of carbonyl (C=O) groups is 1. The number of nitrogens with zero attached hydrogens (tertiary/aromatic N) is 2. The van der Waals surface area contributed by atoms with Crippen LogP contribution >= 0.6 is 0 Å². The highest BCUT2D eigenvalue weighted by atomic mass is 16.5. The van der Waals surface area contributed by atoms with Crippen molar-refractivity contribution >= 4 is 6.03 Å². The van der Waals surface area contributed by atoms with E-state index in [-0.39, 0.29) is 6.03 Å². The van der Waals surface area contributed by atoms with Crippen LogP contribution in [0.4, 0.5) is 4.79 Å². The first-order chi connectivity index (χ1) is 14.2. The molecule has 5 heteroatoms. The van der Waals surface area contributed by atoms with E-state index in [0.29, 0.717) is 18.5 Å². The Hall–Kier alpha value is -2.53. The standard InChI is InChI=1S/C24H31N3O2/c1-29-23-10-6-5-9-21(23)17-25-24(28)27-16-13-22(18-27)26-14-11-20(12-15-26)19-7-3-2-4-8-19/h2-10,20,22H,11-18H2,1H3,(H,25,28). The quantitative estimate of drug-likeness (QED) is 0.839. The predicted molar refractivity (Wildman–Crippen MR) is 115 cm³/mol. The Kier molecular flexibility index (Phi) is 6.35. The highest BCUT2D eigenvalue weighted by molar-refractivity contribution is 5.74. The van der Waals surface area contributed by atoms with Crippen molar-refractivity contribution in [1.82, 2.24) is 15.1 Å². The third-order valence-electron chi connectivity index (χ3n) is 6.39. The van der Waals surface area contributed by atoms with Crippen LogP contribution in [-0.4, -0.2) is 55.2 Å². The number of nitrogens with one attached hydrogen (secondary N) is 1. The SMILES string of the molecule is COc1ccccc1CNC(=O)N1CCC(N2CCC(c3ccccc3)CC2)C1. The van der Waals surface area contributed by atoms with Gasteiger partial charge in [-0.3, -0.25) is 4.90 Å². The summed E-state index contributed by atoms with van der Waals surface area (Å²) in [6, 6.07) is 19.2. The first-order valence-electron chi connectivity index (χ1n) is 10.7. The minimum absolute atomic E-state index is 0.0255. The van der Waals surface area contributed by atoms with Gasteiger partial charge < -0.3 is 15.0 Å². The maximum atomic E-state index is 12.6. The Morgan fingerprint density at radius 2 is 1.72 bits per heavy atom. The number of piperidine rings is 1. The average molecular weight is 394 g/mol. The van der Waals surface area contributed by atoms with Crippen molar-refractivity contribution in [3.63, 3.8) is 0 Å². The number of amides is 2. The molecule has 2 aliphatic rings. The van der Waals surface area contributed by atoms with Crippen LogP contribution in [0.5, 0.6) is 5.75 Å². The van der Waals surface area contributed by atoms with E-state index in [1.165, 1.54) is 18.4 Å². The van der Waals surface area contributed by atoms with Crippen LogP contribution in [0.25, 0.3) is 0 Å². The second-order valence-corrected chi connectivity index (χ2v) is 8.08. The predicted octanol–water partition coefficient (Wildman–Crippen LogP) is 3.86. The fourth-order valence-electron chi connectivity index (χ4n) is 4.68. The van der Waals surface area contributed by atoms with Gasteiger partial charge >= 0.3 is 6.03 Å². The first-order valence-corrected chi connectivity index (χ1v) is 10.7. The summed E-state index contributed by atoms with van der Waals surface area (Å²) in [6.07, 6.45) is 3.49. The molecule has 1 atom stereocenters. The molecule has 154 valence electrons. The van der Waals surface area contributed by atoms with Crippen LogP contribution in [-0.2, 0) is 6.54 Å². The zero-order valence-corrected chi connectivity index (χ0v) is 17.2. The van der Waals surface area contributed by atoms with E-state index in [0.717, 1.165) is 43.9 Å². The van der Waals surface area contributed by atoms with Crippen LogP contribution in [0.3, 0.4) is 0 Å². The molecule has 1 N–H and O–H groups in total. The summed E-state index contributed by atoms with van der Waals surface area (Å²) in [7, 11) is 1.66. The number of para-hydroxylation sites is 1. The maximum Gasteiger partial charge on any atom is 0.317 e. The van der Waals surface area contributed by atoms with Crippen LogP contribution < -0.4 is 10.1 Å². The number of urea groups is 1. The third-order valence-corrected chi connectivity index (χ3v) is 6.39. The van der Waals surface area contributed by atoms with Crippen LogP contribution in [0.15, 0.2) is 54.6 Å². The Labute approximate surface area is 173 Å². The van der Waals surface area contributed by atoms with E-state index in [9.17, 15) is 4.79 Å². The summed E-state index contributed by atoms with van der Waals surface area (Å²) < 4.78 is 5.37. The van der Waals surface area contributed by atoms with Gasteiger partial charge in [0.2, 0.25) is 0 Å². The second kappa shape index (κ2) is 9.31. The lowest BCUT2D eigenvalue weighted by atomic mass is 9.89. The number of likely N-dealkylation sites (tertiary alicyclic amines) is 2. The largest absolute Gasteiger partial charge is 0.496 e. The molecular formula is C24H31N3O2. The second-order valence-electron chi connectivity index (χ2n) is 8.08. The first kappa shape index (κ1) is 19.8. The minimum Gasteiger partial charge on any atom is -0.496 e. The van der Waals surface area contributed by atoms with E-state index in [4.69, 9.17) is 4.74 Å². The van der Waals surface area contributed by atoms with Gasteiger partial charge in [-0.25, -0.2) is 4.79 Å². The molecule has 2 aromatic carbocycles. The molecular weight excluding hydrogens is 362 g/mol. The number of ether oxygens (including phenoxy) is 1. The summed E-state index contributed by atoms with van der Waals surface area (Å²) in [4.78, 5) is 17.2. The van der Waals surface area contributed by atoms with Crippen molar-refractivity contribution in [2.75, 3.05) is 33.3 Å². The number of rotatable bonds is 5. The van der Waals surface area contributed by atoms with E-state index in [1.54, 1.807) is 7.11 Å². The number of methoxy groups -OCH3 is 1. The highest BCUT2D eigenvalue weighted by Crippen LogP contribution is 2.30. The molecule has 2 heterocycles. The molecule has 2 aromatic rings. The van der Waals surface area contributed by atoms with Crippen molar-refractivity contribution in [2.45, 2.75) is 37.8 Å². The molecule has 0 saturated carbocycles. The van der Waals surface area contributed by atoms with Gasteiger partial charge in [0.25, 0.3) is 0 Å².